The zero-order chi connectivity index (χ0) is 8.84. The van der Waals surface area contributed by atoms with Gasteiger partial charge in [0.2, 0.25) is 0 Å². The third kappa shape index (κ3) is 0.816. The lowest BCUT2D eigenvalue weighted by atomic mass is 10.1. The predicted molar refractivity (Wildman–Crippen MR) is 55.7 cm³/mol. The Labute approximate surface area is 77.1 Å². The lowest BCUT2D eigenvalue weighted by molar-refractivity contribution is 0.946. The zero-order valence-electron chi connectivity index (χ0n) is 7.54. The molecule has 2 aromatic rings. The van der Waals surface area contributed by atoms with E-state index in [1.165, 1.54) is 22.2 Å². The van der Waals surface area contributed by atoms with E-state index in [9.17, 15) is 0 Å². The van der Waals surface area contributed by atoms with Crippen molar-refractivity contribution in [1.82, 2.24) is 4.98 Å². The Kier molecular flexibility index (Phi) is 1.21. The molecule has 0 spiro atoms. The fraction of sp³-hybridized carbons (Fsp3) is 0.167. The summed E-state index contributed by atoms with van der Waals surface area (Å²) >= 11 is 0. The normalized spacial score (nSPS) is 19.6. The second kappa shape index (κ2) is 2.25. The third-order valence-electron chi connectivity index (χ3n) is 2.78. The van der Waals surface area contributed by atoms with E-state index in [0.717, 1.165) is 0 Å². The van der Waals surface area contributed by atoms with Crippen molar-refractivity contribution < 1.29 is 0 Å². The Morgan fingerprint density at radius 3 is 3.00 bits per heavy atom. The topological polar surface area (TPSA) is 15.8 Å². The summed E-state index contributed by atoms with van der Waals surface area (Å²) in [6, 6.07) is 8.47. The lowest BCUT2D eigenvalue weighted by Crippen LogP contribution is -1.84. The molecule has 0 aliphatic heterocycles. The Hall–Kier alpha value is -1.50. The molecule has 1 aromatic heterocycles. The van der Waals surface area contributed by atoms with Crippen LogP contribution in [0.1, 0.15) is 24.1 Å². The molecule has 1 aromatic carbocycles. The highest BCUT2D eigenvalue weighted by atomic mass is 14.7. The Bertz CT molecular complexity index is 491. The van der Waals surface area contributed by atoms with Gasteiger partial charge in [-0.1, -0.05) is 37.3 Å². The van der Waals surface area contributed by atoms with Gasteiger partial charge in [0.25, 0.3) is 0 Å². The molecule has 0 radical (unpaired) electrons. The van der Waals surface area contributed by atoms with Gasteiger partial charge in [-0.05, 0) is 6.07 Å². The summed E-state index contributed by atoms with van der Waals surface area (Å²) in [6.45, 7) is 2.22. The van der Waals surface area contributed by atoms with Crippen molar-refractivity contribution in [2.75, 3.05) is 0 Å². The molecule has 3 rings (SSSR count). The minimum atomic E-state index is 0.544. The highest BCUT2D eigenvalue weighted by molar-refractivity contribution is 5.92. The summed E-state index contributed by atoms with van der Waals surface area (Å²) in [4.78, 5) is 3.46. The minimum Gasteiger partial charge on any atom is -0.357 e. The van der Waals surface area contributed by atoms with Crippen molar-refractivity contribution in [2.24, 2.45) is 0 Å². The van der Waals surface area contributed by atoms with Crippen molar-refractivity contribution in [3.05, 3.63) is 41.6 Å². The first kappa shape index (κ1) is 6.96. The molecular weight excluding hydrogens is 158 g/mol. The maximum absolute atomic E-state index is 3.46. The van der Waals surface area contributed by atoms with E-state index in [1.807, 2.05) is 0 Å². The van der Waals surface area contributed by atoms with Crippen LogP contribution >= 0.6 is 0 Å². The number of H-pyrrole nitrogens is 1. The Balaban J connectivity index is 2.44. The largest absolute Gasteiger partial charge is 0.357 e. The lowest BCUT2D eigenvalue weighted by Gasteiger charge is -1.96. The van der Waals surface area contributed by atoms with E-state index in [4.69, 9.17) is 0 Å². The van der Waals surface area contributed by atoms with Gasteiger partial charge in [0, 0.05) is 28.1 Å². The second-order valence-electron chi connectivity index (χ2n) is 3.65. The van der Waals surface area contributed by atoms with Crippen LogP contribution in [0.4, 0.5) is 0 Å². The summed E-state index contributed by atoms with van der Waals surface area (Å²) in [6.07, 6.45) is 4.46. The summed E-state index contributed by atoms with van der Waals surface area (Å²) in [5, 5.41) is 1.35. The van der Waals surface area contributed by atoms with Gasteiger partial charge < -0.3 is 4.98 Å². The maximum atomic E-state index is 3.46. The number of para-hydroxylation sites is 1. The number of aromatic amines is 1. The molecule has 0 saturated heterocycles. The van der Waals surface area contributed by atoms with Gasteiger partial charge in [0.05, 0.1) is 0 Å². The molecule has 1 unspecified atom stereocenters. The first-order valence-corrected chi connectivity index (χ1v) is 4.65. The number of rotatable bonds is 0. The van der Waals surface area contributed by atoms with Gasteiger partial charge >= 0.3 is 0 Å². The van der Waals surface area contributed by atoms with Crippen molar-refractivity contribution in [2.45, 2.75) is 12.8 Å². The first-order chi connectivity index (χ1) is 6.36. The van der Waals surface area contributed by atoms with Gasteiger partial charge in [-0.25, -0.2) is 0 Å². The molecule has 0 amide bonds. The molecule has 1 aliphatic carbocycles. The van der Waals surface area contributed by atoms with E-state index < -0.39 is 0 Å². The monoisotopic (exact) mass is 169 g/mol. The van der Waals surface area contributed by atoms with Crippen molar-refractivity contribution in [1.29, 1.82) is 0 Å². The van der Waals surface area contributed by atoms with Crippen molar-refractivity contribution in [3.63, 3.8) is 0 Å². The van der Waals surface area contributed by atoms with E-state index in [-0.39, 0.29) is 0 Å². The maximum Gasteiger partial charge on any atom is 0.0462 e. The number of benzene rings is 1. The third-order valence-corrected chi connectivity index (χ3v) is 2.78. The number of hydrogen-bond donors (Lipinski definition) is 1. The Morgan fingerprint density at radius 1 is 1.23 bits per heavy atom. The minimum absolute atomic E-state index is 0.544. The van der Waals surface area contributed by atoms with Crippen LogP contribution in [0.15, 0.2) is 30.3 Å². The predicted octanol–water partition coefficient (Wildman–Crippen LogP) is 3.30. The summed E-state index contributed by atoms with van der Waals surface area (Å²) < 4.78 is 0. The quantitative estimate of drug-likeness (QED) is 0.622. The summed E-state index contributed by atoms with van der Waals surface area (Å²) in [7, 11) is 0. The van der Waals surface area contributed by atoms with E-state index in [0.29, 0.717) is 5.92 Å². The van der Waals surface area contributed by atoms with Crippen LogP contribution in [0.5, 0.6) is 0 Å². The van der Waals surface area contributed by atoms with Gasteiger partial charge in [0.1, 0.15) is 0 Å². The number of allylic oxidation sites excluding steroid dienone is 1. The molecule has 64 valence electrons. The molecule has 0 bridgehead atoms. The van der Waals surface area contributed by atoms with Gasteiger partial charge in [-0.15, -0.1) is 0 Å². The molecule has 1 N–H and O–H groups in total. The average molecular weight is 169 g/mol. The zero-order valence-corrected chi connectivity index (χ0v) is 7.54. The van der Waals surface area contributed by atoms with Crippen LogP contribution in [0.3, 0.4) is 0 Å². The molecule has 1 nitrogen and oxygen atoms in total. The highest BCUT2D eigenvalue weighted by Gasteiger charge is 2.17. The fourth-order valence-corrected chi connectivity index (χ4v) is 2.06. The molecule has 1 heterocycles. The van der Waals surface area contributed by atoms with E-state index >= 15 is 0 Å². The summed E-state index contributed by atoms with van der Waals surface area (Å²) in [5.74, 6) is 0.544. The fourth-order valence-electron chi connectivity index (χ4n) is 2.06. The SMILES string of the molecule is CC1C=Cc2c1[nH]c1ccccc21. The van der Waals surface area contributed by atoms with Gasteiger partial charge in [0.15, 0.2) is 0 Å². The van der Waals surface area contributed by atoms with Gasteiger partial charge in [-0.3, -0.25) is 0 Å². The van der Waals surface area contributed by atoms with E-state index in [1.54, 1.807) is 0 Å². The molecule has 1 aliphatic rings. The van der Waals surface area contributed by atoms with E-state index in [2.05, 4.69) is 48.3 Å². The number of fused-ring (bicyclic) bond motifs is 3. The van der Waals surface area contributed by atoms with Crippen LogP contribution in [0, 0.1) is 0 Å². The van der Waals surface area contributed by atoms with Gasteiger partial charge in [-0.2, -0.15) is 0 Å². The molecule has 0 fully saturated rings. The van der Waals surface area contributed by atoms with Crippen LogP contribution in [0.25, 0.3) is 17.0 Å². The molecule has 1 atom stereocenters. The Morgan fingerprint density at radius 2 is 2.08 bits per heavy atom. The highest BCUT2D eigenvalue weighted by Crippen LogP contribution is 2.34. The standard InChI is InChI=1S/C12H11N/c1-8-6-7-10-9-4-2-3-5-11(9)13-12(8)10/h2-8,13H,1H3. The smallest absolute Gasteiger partial charge is 0.0462 e. The molecular formula is C12H11N. The average Bonchev–Trinajstić information content (AvgIpc) is 2.67. The molecule has 1 heteroatoms. The number of aromatic nitrogens is 1. The number of hydrogen-bond acceptors (Lipinski definition) is 0. The molecule has 0 saturated carbocycles. The first-order valence-electron chi connectivity index (χ1n) is 4.65. The number of nitrogens with one attached hydrogen (secondary N) is 1. The van der Waals surface area contributed by atoms with Crippen LogP contribution < -0.4 is 0 Å². The second-order valence-corrected chi connectivity index (χ2v) is 3.65. The summed E-state index contributed by atoms with van der Waals surface area (Å²) in [5.41, 5.74) is 3.99. The van der Waals surface area contributed by atoms with Crippen LogP contribution in [0.2, 0.25) is 0 Å². The molecule has 13 heavy (non-hydrogen) atoms. The van der Waals surface area contributed by atoms with Crippen molar-refractivity contribution in [3.8, 4) is 0 Å². The van der Waals surface area contributed by atoms with Crippen LogP contribution in [-0.4, -0.2) is 4.98 Å². The van der Waals surface area contributed by atoms with Crippen LogP contribution in [-0.2, 0) is 0 Å². The van der Waals surface area contributed by atoms with Crippen molar-refractivity contribution >= 4 is 17.0 Å².